The van der Waals surface area contributed by atoms with Gasteiger partial charge in [-0.25, -0.2) is 0 Å². The van der Waals surface area contributed by atoms with Crippen LogP contribution in [0.25, 0.3) is 0 Å². The van der Waals surface area contributed by atoms with Crippen LogP contribution in [0.3, 0.4) is 0 Å². The van der Waals surface area contributed by atoms with Crippen molar-refractivity contribution in [3.63, 3.8) is 0 Å². The normalized spacial score (nSPS) is 11.7. The zero-order chi connectivity index (χ0) is 69.1. The van der Waals surface area contributed by atoms with Crippen molar-refractivity contribution in [3.05, 3.63) is 0 Å². The second-order valence-corrected chi connectivity index (χ2v) is 29.3. The molecule has 0 aromatic heterocycles. The summed E-state index contributed by atoms with van der Waals surface area (Å²) in [7, 11) is 0. The lowest BCUT2D eigenvalue weighted by molar-refractivity contribution is -0.122. The Bertz CT molecular complexity index is 1590. The van der Waals surface area contributed by atoms with E-state index in [9.17, 15) is 24.0 Å². The Morgan fingerprint density at radius 3 is 0.674 bits per heavy atom. The molecule has 0 unspecified atom stereocenters. The maximum Gasteiger partial charge on any atom is 0.221 e. The van der Waals surface area contributed by atoms with Crippen molar-refractivity contribution in [2.75, 3.05) is 91.6 Å². The van der Waals surface area contributed by atoms with Gasteiger partial charge in [0.1, 0.15) is 11.6 Å². The minimum Gasteiger partial charge on any atom is -0.356 e. The Morgan fingerprint density at radius 2 is 0.400 bits per heavy atom. The second-order valence-electron chi connectivity index (χ2n) is 29.3. The Labute approximate surface area is 591 Å². The number of Topliss-reactive ketones (excluding diaryl/α,β-unsaturated/α-hetero) is 2. The van der Waals surface area contributed by atoms with Crippen LogP contribution in [0.15, 0.2) is 0 Å². The lowest BCUT2D eigenvalue weighted by Crippen LogP contribution is -2.44. The van der Waals surface area contributed by atoms with Gasteiger partial charge in [-0.15, -0.1) is 0 Å². The molecule has 0 fully saturated rings. The number of hydrogen-bond donors (Lipinski definition) is 4. The molecule has 12 nitrogen and oxygen atoms in total. The molecule has 0 spiro atoms. The van der Waals surface area contributed by atoms with Crippen molar-refractivity contribution in [1.82, 2.24) is 36.0 Å². The van der Waals surface area contributed by atoms with E-state index in [1.807, 2.05) is 0 Å². The molecule has 0 aromatic rings. The first kappa shape index (κ1) is 92.6. The zero-order valence-electron chi connectivity index (χ0n) is 64.5. The smallest absolute Gasteiger partial charge is 0.221 e. The largest absolute Gasteiger partial charge is 0.356 e. The van der Waals surface area contributed by atoms with Gasteiger partial charge < -0.3 is 36.0 Å². The molecule has 0 saturated heterocycles. The molecular formula is C83H165N7O5. The summed E-state index contributed by atoms with van der Waals surface area (Å²) in [6.45, 7) is 21.1. The maximum absolute atomic E-state index is 13.7. The fraction of sp³-hybridized carbons (Fsp3) is 0.940. The van der Waals surface area contributed by atoms with Gasteiger partial charge in [-0.3, -0.25) is 24.0 Å². The van der Waals surface area contributed by atoms with E-state index in [-0.39, 0.29) is 17.7 Å². The van der Waals surface area contributed by atoms with Crippen LogP contribution in [-0.2, 0) is 24.0 Å². The summed E-state index contributed by atoms with van der Waals surface area (Å²) in [4.78, 5) is 74.0. The van der Waals surface area contributed by atoms with Crippen LogP contribution in [0.5, 0.6) is 0 Å². The van der Waals surface area contributed by atoms with Gasteiger partial charge in [-0.1, -0.05) is 336 Å². The highest BCUT2D eigenvalue weighted by molar-refractivity contribution is 5.79. The predicted octanol–water partition coefficient (Wildman–Crippen LogP) is 21.1. The van der Waals surface area contributed by atoms with Crippen LogP contribution in [0.4, 0.5) is 0 Å². The second kappa shape index (κ2) is 77.3. The molecule has 0 aliphatic carbocycles. The molecule has 3 amide bonds. The third-order valence-electron chi connectivity index (χ3n) is 20.0. The Morgan fingerprint density at radius 1 is 0.189 bits per heavy atom. The van der Waals surface area contributed by atoms with Crippen molar-refractivity contribution in [3.8, 4) is 0 Å². The lowest BCUT2D eigenvalue weighted by Gasteiger charge is -2.30. The number of hydrogen-bond acceptors (Lipinski definition) is 9. The van der Waals surface area contributed by atoms with Gasteiger partial charge in [-0.2, -0.15) is 0 Å². The van der Waals surface area contributed by atoms with Crippen LogP contribution in [0.2, 0.25) is 0 Å². The number of amides is 3. The van der Waals surface area contributed by atoms with E-state index in [4.69, 9.17) is 0 Å². The predicted molar refractivity (Wildman–Crippen MR) is 412 cm³/mol. The fourth-order valence-electron chi connectivity index (χ4n) is 13.2. The molecule has 0 aromatic carbocycles. The number of rotatable bonds is 81. The molecule has 562 valence electrons. The minimum atomic E-state index is 0.0756. The topological polar surface area (TPSA) is 143 Å². The highest BCUT2D eigenvalue weighted by Gasteiger charge is 2.17. The summed E-state index contributed by atoms with van der Waals surface area (Å²) in [5, 5.41) is 13.3. The molecule has 0 aliphatic heterocycles. The Balaban J connectivity index is 6.02. The standard InChI is InChI=1S/C83H165N7O5/c1-6-11-16-21-26-31-36-38-43-48-53-58-79(91)60-68-84-69-74-89(73-64-83(95)87-67-57-52-47-42-35-30-25-20-15-10-5)76-78-90(70-61-80(92)59-54-49-44-39-37-32-27-22-17-12-7-2)77-75-88(71-62-81(93)85-65-55-50-45-40-33-28-23-18-13-8-3)72-63-82(94)86-66-56-51-46-41-34-29-24-19-14-9-4/h84H,6-78H2,1-5H3,(H,85,93)(H,86,94)(H,87,95). The van der Waals surface area contributed by atoms with Gasteiger partial charge in [-0.05, 0) is 32.1 Å². The van der Waals surface area contributed by atoms with Crippen LogP contribution in [0, 0.1) is 0 Å². The van der Waals surface area contributed by atoms with Gasteiger partial charge in [0, 0.05) is 137 Å². The van der Waals surface area contributed by atoms with E-state index in [1.54, 1.807) is 0 Å². The molecule has 0 atom stereocenters. The summed E-state index contributed by atoms with van der Waals surface area (Å²) in [6.07, 6.45) is 69.6. The van der Waals surface area contributed by atoms with Gasteiger partial charge in [0.05, 0.1) is 0 Å². The molecule has 0 aliphatic rings. The molecule has 95 heavy (non-hydrogen) atoms. The summed E-state index contributed by atoms with van der Waals surface area (Å²) in [6, 6.07) is 0. The highest BCUT2D eigenvalue weighted by Crippen LogP contribution is 2.17. The van der Waals surface area contributed by atoms with Crippen LogP contribution in [0.1, 0.15) is 413 Å². The first-order valence-corrected chi connectivity index (χ1v) is 42.4. The molecule has 0 saturated carbocycles. The third kappa shape index (κ3) is 72.7. The summed E-state index contributed by atoms with van der Waals surface area (Å²) in [5.74, 6) is 0.937. The summed E-state index contributed by atoms with van der Waals surface area (Å²) >= 11 is 0. The van der Waals surface area contributed by atoms with Gasteiger partial charge >= 0.3 is 0 Å². The monoisotopic (exact) mass is 1340 g/mol. The zero-order valence-corrected chi connectivity index (χ0v) is 64.5. The number of carbonyl (C=O) groups is 5. The number of ketones is 2. The van der Waals surface area contributed by atoms with Gasteiger partial charge in [0.2, 0.25) is 17.7 Å². The van der Waals surface area contributed by atoms with Gasteiger partial charge in [0.25, 0.3) is 0 Å². The van der Waals surface area contributed by atoms with E-state index in [0.29, 0.717) is 109 Å². The van der Waals surface area contributed by atoms with Crippen LogP contribution in [-0.4, -0.2) is 136 Å². The van der Waals surface area contributed by atoms with Gasteiger partial charge in [0.15, 0.2) is 0 Å². The van der Waals surface area contributed by atoms with Crippen molar-refractivity contribution in [2.24, 2.45) is 0 Å². The van der Waals surface area contributed by atoms with Crippen molar-refractivity contribution >= 4 is 29.3 Å². The maximum atomic E-state index is 13.7. The number of nitrogens with zero attached hydrogens (tertiary/aromatic N) is 3. The lowest BCUT2D eigenvalue weighted by atomic mass is 10.0. The number of unbranched alkanes of at least 4 members (excludes halogenated alkanes) is 47. The molecule has 0 bridgehead atoms. The average molecular weight is 1340 g/mol. The fourth-order valence-corrected chi connectivity index (χ4v) is 13.2. The van der Waals surface area contributed by atoms with E-state index in [2.05, 4.69) is 70.6 Å². The minimum absolute atomic E-state index is 0.0756. The Hall–Kier alpha value is -2.41. The van der Waals surface area contributed by atoms with Crippen molar-refractivity contribution < 1.29 is 24.0 Å². The number of carbonyl (C=O) groups excluding carboxylic acids is 5. The first-order chi connectivity index (χ1) is 46.7. The Kier molecular flexibility index (Phi) is 75.4. The highest BCUT2D eigenvalue weighted by atomic mass is 16.2. The molecule has 0 heterocycles. The molecular weight excluding hydrogens is 1170 g/mol. The number of nitrogens with one attached hydrogen (secondary N) is 4. The molecule has 0 radical (unpaired) electrons. The van der Waals surface area contributed by atoms with E-state index < -0.39 is 0 Å². The summed E-state index contributed by atoms with van der Waals surface area (Å²) < 4.78 is 0. The van der Waals surface area contributed by atoms with E-state index >= 15 is 0 Å². The van der Waals surface area contributed by atoms with Crippen LogP contribution < -0.4 is 21.3 Å². The average Bonchev–Trinajstić information content (AvgIpc) is 2.36. The molecule has 12 heteroatoms. The molecule has 4 N–H and O–H groups in total. The van der Waals surface area contributed by atoms with E-state index in [1.165, 1.54) is 270 Å². The third-order valence-corrected chi connectivity index (χ3v) is 20.0. The van der Waals surface area contributed by atoms with E-state index in [0.717, 1.165) is 103 Å². The van der Waals surface area contributed by atoms with Crippen molar-refractivity contribution in [1.29, 1.82) is 0 Å². The quantitative estimate of drug-likeness (QED) is 0.0438. The SMILES string of the molecule is CCCCCCCCCCCCCC(=O)CCNCCN(CCC(=O)NCCCCCCCCCCCC)CCN(CCC(=O)CCCCCCCCCCCCC)CCN(CCC(=O)NCCCCCCCCCCCC)CCC(=O)NCCCCCCCCCCCC. The molecule has 0 rings (SSSR count). The van der Waals surface area contributed by atoms with Crippen LogP contribution >= 0.6 is 0 Å². The first-order valence-electron chi connectivity index (χ1n) is 42.4. The van der Waals surface area contributed by atoms with Crippen molar-refractivity contribution in [2.45, 2.75) is 413 Å². The summed E-state index contributed by atoms with van der Waals surface area (Å²) in [5.41, 5.74) is 0.